The van der Waals surface area contributed by atoms with Crippen LogP contribution in [-0.4, -0.2) is 36.9 Å². The Hall–Kier alpha value is -1.77. The number of methoxy groups -OCH3 is 1. The molecule has 1 aromatic heterocycles. The van der Waals surface area contributed by atoms with Crippen LogP contribution in [0.4, 0.5) is 0 Å². The van der Waals surface area contributed by atoms with Gasteiger partial charge in [-0.2, -0.15) is 0 Å². The molecule has 2 aromatic rings. The van der Waals surface area contributed by atoms with Crippen molar-refractivity contribution in [1.29, 1.82) is 0 Å². The molecule has 0 aliphatic heterocycles. The number of nitrogens with one attached hydrogen (secondary N) is 1. The normalized spacial score (nSPS) is 11.3. The van der Waals surface area contributed by atoms with E-state index in [2.05, 4.69) is 4.98 Å². The summed E-state index contributed by atoms with van der Waals surface area (Å²) in [5.41, 5.74) is -0.164. The minimum absolute atomic E-state index is 0.0579. The highest BCUT2D eigenvalue weighted by Crippen LogP contribution is 2.18. The van der Waals surface area contributed by atoms with Gasteiger partial charge in [-0.15, -0.1) is 11.6 Å². The molecule has 0 spiro atoms. The lowest BCUT2D eigenvalue weighted by Crippen LogP contribution is -2.31. The zero-order chi connectivity index (χ0) is 17.7. The van der Waals surface area contributed by atoms with E-state index in [0.29, 0.717) is 24.6 Å². The largest absolute Gasteiger partial charge is 0.497 e. The van der Waals surface area contributed by atoms with Crippen LogP contribution >= 0.6 is 23.2 Å². The van der Waals surface area contributed by atoms with Crippen molar-refractivity contribution in [1.82, 2.24) is 14.3 Å². The third-order valence-electron chi connectivity index (χ3n) is 3.12. The summed E-state index contributed by atoms with van der Waals surface area (Å²) in [4.78, 5) is 16.0. The molecule has 1 heterocycles. The van der Waals surface area contributed by atoms with Crippen LogP contribution in [0.25, 0.3) is 0 Å². The van der Waals surface area contributed by atoms with E-state index < -0.39 is 15.9 Å². The van der Waals surface area contributed by atoms with Gasteiger partial charge < -0.3 is 9.30 Å². The fourth-order valence-electron chi connectivity index (χ4n) is 1.89. The smallest absolute Gasteiger partial charge is 0.286 e. The van der Waals surface area contributed by atoms with Gasteiger partial charge in [0.1, 0.15) is 10.9 Å². The van der Waals surface area contributed by atoms with Gasteiger partial charge in [-0.25, -0.2) is 18.1 Å². The van der Waals surface area contributed by atoms with Crippen molar-refractivity contribution >= 4 is 39.1 Å². The number of rotatable bonds is 7. The van der Waals surface area contributed by atoms with E-state index in [0.717, 1.165) is 0 Å². The molecular formula is C14H15Cl2N3O4S. The number of hydrogen-bond donors (Lipinski definition) is 1. The predicted octanol–water partition coefficient (Wildman–Crippen LogP) is 2.29. The van der Waals surface area contributed by atoms with Crippen molar-refractivity contribution in [2.45, 2.75) is 17.9 Å². The first kappa shape index (κ1) is 18.6. The molecule has 0 atom stereocenters. The maximum Gasteiger partial charge on any atom is 0.286 e. The van der Waals surface area contributed by atoms with E-state index in [1.54, 1.807) is 0 Å². The van der Waals surface area contributed by atoms with Gasteiger partial charge in [-0.1, -0.05) is 11.6 Å². The maximum atomic E-state index is 12.2. The van der Waals surface area contributed by atoms with Crippen molar-refractivity contribution in [2.75, 3.05) is 13.0 Å². The fraction of sp³-hybridized carbons (Fsp3) is 0.286. The van der Waals surface area contributed by atoms with Crippen LogP contribution in [0, 0.1) is 0 Å². The molecule has 1 amide bonds. The number of hydrogen-bond acceptors (Lipinski definition) is 5. The van der Waals surface area contributed by atoms with Gasteiger partial charge in [-0.05, 0) is 30.7 Å². The number of imidazole rings is 1. The summed E-state index contributed by atoms with van der Waals surface area (Å²) in [5.74, 6) is 0.0313. The van der Waals surface area contributed by atoms with Crippen LogP contribution in [0.2, 0.25) is 5.15 Å². The number of amides is 1. The molecule has 0 aliphatic carbocycles. The van der Waals surface area contributed by atoms with Crippen LogP contribution < -0.4 is 9.46 Å². The van der Waals surface area contributed by atoms with Crippen molar-refractivity contribution in [3.05, 3.63) is 41.4 Å². The molecule has 1 aromatic carbocycles. The Kier molecular flexibility index (Phi) is 6.09. The standard InChI is InChI=1S/C14H15Cl2N3O4S/c1-23-10-3-5-11(6-4-10)24(21,22)18-14(20)12-13(16)19(9-17-12)8-2-7-15/h3-6,9H,2,7-8H2,1H3,(H,18,20). The van der Waals surface area contributed by atoms with Crippen LogP contribution in [0.5, 0.6) is 5.75 Å². The number of halogens is 2. The Morgan fingerprint density at radius 2 is 2.00 bits per heavy atom. The molecule has 0 aliphatic rings. The Balaban J connectivity index is 2.17. The highest BCUT2D eigenvalue weighted by Gasteiger charge is 2.23. The SMILES string of the molecule is COc1ccc(S(=O)(=O)NC(=O)c2ncn(CCCCl)c2Cl)cc1. The maximum absolute atomic E-state index is 12.2. The van der Waals surface area contributed by atoms with Crippen molar-refractivity contribution in [3.8, 4) is 5.75 Å². The number of aryl methyl sites for hydroxylation is 1. The first-order valence-electron chi connectivity index (χ1n) is 6.87. The molecule has 0 saturated heterocycles. The number of sulfonamides is 1. The van der Waals surface area contributed by atoms with Crippen molar-refractivity contribution < 1.29 is 17.9 Å². The lowest BCUT2D eigenvalue weighted by atomic mass is 10.3. The minimum Gasteiger partial charge on any atom is -0.497 e. The van der Waals surface area contributed by atoms with Gasteiger partial charge >= 0.3 is 0 Å². The quantitative estimate of drug-likeness (QED) is 0.731. The molecule has 10 heteroatoms. The van der Waals surface area contributed by atoms with E-state index in [1.165, 1.54) is 42.3 Å². The molecule has 7 nitrogen and oxygen atoms in total. The molecule has 0 radical (unpaired) electrons. The van der Waals surface area contributed by atoms with Crippen LogP contribution in [0.3, 0.4) is 0 Å². The number of aromatic nitrogens is 2. The lowest BCUT2D eigenvalue weighted by Gasteiger charge is -2.07. The van der Waals surface area contributed by atoms with Crippen LogP contribution in [-0.2, 0) is 16.6 Å². The molecule has 2 rings (SSSR count). The lowest BCUT2D eigenvalue weighted by molar-refractivity contribution is 0.0977. The summed E-state index contributed by atoms with van der Waals surface area (Å²) in [6, 6.07) is 5.62. The monoisotopic (exact) mass is 391 g/mol. The zero-order valence-corrected chi connectivity index (χ0v) is 15.0. The molecular weight excluding hydrogens is 377 g/mol. The van der Waals surface area contributed by atoms with Gasteiger partial charge in [-0.3, -0.25) is 4.79 Å². The average Bonchev–Trinajstić information content (AvgIpc) is 2.93. The molecule has 24 heavy (non-hydrogen) atoms. The van der Waals surface area contributed by atoms with Crippen LogP contribution in [0.1, 0.15) is 16.9 Å². The fourth-order valence-corrected chi connectivity index (χ4v) is 3.23. The highest BCUT2D eigenvalue weighted by molar-refractivity contribution is 7.90. The number of ether oxygens (including phenoxy) is 1. The molecule has 0 fully saturated rings. The first-order valence-corrected chi connectivity index (χ1v) is 9.26. The van der Waals surface area contributed by atoms with Gasteiger partial charge in [0.05, 0.1) is 18.3 Å². The first-order chi connectivity index (χ1) is 11.4. The minimum atomic E-state index is -4.04. The Morgan fingerprint density at radius 3 is 2.58 bits per heavy atom. The number of carbonyl (C=O) groups excluding carboxylic acids is 1. The van der Waals surface area contributed by atoms with E-state index in [9.17, 15) is 13.2 Å². The Bertz CT molecular complexity index is 819. The molecule has 0 bridgehead atoms. The van der Waals surface area contributed by atoms with Gasteiger partial charge in [0.2, 0.25) is 0 Å². The summed E-state index contributed by atoms with van der Waals surface area (Å²) in [6.45, 7) is 0.480. The van der Waals surface area contributed by atoms with E-state index >= 15 is 0 Å². The van der Waals surface area contributed by atoms with Gasteiger partial charge in [0, 0.05) is 12.4 Å². The Labute approximate surface area is 149 Å². The molecule has 130 valence electrons. The highest BCUT2D eigenvalue weighted by atomic mass is 35.5. The summed E-state index contributed by atoms with van der Waals surface area (Å²) in [7, 11) is -2.58. The summed E-state index contributed by atoms with van der Waals surface area (Å²) < 4.78 is 32.9. The molecule has 0 unspecified atom stereocenters. The number of alkyl halides is 1. The second-order valence-electron chi connectivity index (χ2n) is 4.73. The summed E-state index contributed by atoms with van der Waals surface area (Å²) in [5, 5.41) is 0.0579. The predicted molar refractivity (Wildman–Crippen MR) is 90.2 cm³/mol. The van der Waals surface area contributed by atoms with Crippen molar-refractivity contribution in [3.63, 3.8) is 0 Å². The topological polar surface area (TPSA) is 90.3 Å². The molecule has 1 N–H and O–H groups in total. The van der Waals surface area contributed by atoms with Gasteiger partial charge in [0.25, 0.3) is 15.9 Å². The van der Waals surface area contributed by atoms with Crippen molar-refractivity contribution in [2.24, 2.45) is 0 Å². The third-order valence-corrected chi connectivity index (χ3v) is 5.13. The van der Waals surface area contributed by atoms with E-state index in [-0.39, 0.29) is 15.7 Å². The average molecular weight is 392 g/mol. The zero-order valence-electron chi connectivity index (χ0n) is 12.7. The Morgan fingerprint density at radius 1 is 1.33 bits per heavy atom. The second kappa shape index (κ2) is 7.87. The number of nitrogens with zero attached hydrogens (tertiary/aromatic N) is 2. The second-order valence-corrected chi connectivity index (χ2v) is 7.15. The van der Waals surface area contributed by atoms with E-state index in [1.807, 2.05) is 4.72 Å². The van der Waals surface area contributed by atoms with E-state index in [4.69, 9.17) is 27.9 Å². The third kappa shape index (κ3) is 4.19. The summed E-state index contributed by atoms with van der Waals surface area (Å²) in [6.07, 6.45) is 2.01. The summed E-state index contributed by atoms with van der Waals surface area (Å²) >= 11 is 11.7. The molecule has 0 saturated carbocycles. The van der Waals surface area contributed by atoms with Gasteiger partial charge in [0.15, 0.2) is 5.69 Å². The van der Waals surface area contributed by atoms with Crippen LogP contribution in [0.15, 0.2) is 35.5 Å². The number of benzene rings is 1. The number of carbonyl (C=O) groups is 1.